The van der Waals surface area contributed by atoms with E-state index in [0.717, 1.165) is 22.4 Å². The van der Waals surface area contributed by atoms with Gasteiger partial charge in [-0.15, -0.1) is 0 Å². The summed E-state index contributed by atoms with van der Waals surface area (Å²) in [6.45, 7) is 3.79. The smallest absolute Gasteiger partial charge is 0.242 e. The first-order valence-electron chi connectivity index (χ1n) is 9.05. The predicted molar refractivity (Wildman–Crippen MR) is 111 cm³/mol. The van der Waals surface area contributed by atoms with E-state index in [-0.39, 0.29) is 11.9 Å². The number of nitrogens with zero attached hydrogens (tertiary/aromatic N) is 3. The Morgan fingerprint density at radius 3 is 2.50 bits per heavy atom. The lowest BCUT2D eigenvalue weighted by atomic mass is 10.0. The van der Waals surface area contributed by atoms with Crippen molar-refractivity contribution < 1.29 is 4.79 Å². The number of carbonyl (C=O) groups is 1. The second kappa shape index (κ2) is 8.51. The number of nitrogens with one attached hydrogen (secondary N) is 2. The molecule has 1 unspecified atom stereocenters. The van der Waals surface area contributed by atoms with E-state index < -0.39 is 0 Å². The highest BCUT2D eigenvalue weighted by Crippen LogP contribution is 2.26. The molecule has 28 heavy (non-hydrogen) atoms. The van der Waals surface area contributed by atoms with E-state index in [1.807, 2.05) is 55.1 Å². The lowest BCUT2D eigenvalue weighted by Gasteiger charge is -2.12. The SMILES string of the molecule is CNC(C)C(=O)Nc1ccc(-c2cnn(C)c2C)c(C#Cc2ccccc2)n1. The Balaban J connectivity index is 2.03. The van der Waals surface area contributed by atoms with Crippen LogP contribution in [0, 0.1) is 18.8 Å². The summed E-state index contributed by atoms with van der Waals surface area (Å²) < 4.78 is 1.81. The molecule has 0 saturated carbocycles. The van der Waals surface area contributed by atoms with Crippen LogP contribution in [-0.4, -0.2) is 33.8 Å². The zero-order chi connectivity index (χ0) is 20.1. The molecule has 6 nitrogen and oxygen atoms in total. The van der Waals surface area contributed by atoms with E-state index in [0.29, 0.717) is 11.5 Å². The Hall–Kier alpha value is -3.43. The molecule has 0 saturated heterocycles. The van der Waals surface area contributed by atoms with E-state index in [1.54, 1.807) is 26.2 Å². The van der Waals surface area contributed by atoms with E-state index in [9.17, 15) is 4.79 Å². The molecular formula is C22H23N5O. The molecule has 0 aliphatic rings. The Morgan fingerprint density at radius 1 is 1.11 bits per heavy atom. The third-order valence-electron chi connectivity index (χ3n) is 4.60. The zero-order valence-electron chi connectivity index (χ0n) is 16.4. The summed E-state index contributed by atoms with van der Waals surface area (Å²) >= 11 is 0. The minimum Gasteiger partial charge on any atom is -0.309 e. The maximum absolute atomic E-state index is 12.2. The van der Waals surface area contributed by atoms with Crippen molar-refractivity contribution in [3.05, 3.63) is 65.6 Å². The van der Waals surface area contributed by atoms with Crippen molar-refractivity contribution in [1.82, 2.24) is 20.1 Å². The predicted octanol–water partition coefficient (Wildman–Crippen LogP) is 2.74. The van der Waals surface area contributed by atoms with Crippen LogP contribution in [0.3, 0.4) is 0 Å². The molecule has 0 radical (unpaired) electrons. The molecule has 1 atom stereocenters. The molecule has 0 aliphatic heterocycles. The number of aromatic nitrogens is 3. The number of likely N-dealkylation sites (N-methyl/N-ethyl adjacent to an activating group) is 1. The van der Waals surface area contributed by atoms with Crippen molar-refractivity contribution in [2.45, 2.75) is 19.9 Å². The van der Waals surface area contributed by atoms with Gasteiger partial charge in [-0.1, -0.05) is 24.1 Å². The van der Waals surface area contributed by atoms with E-state index in [1.165, 1.54) is 0 Å². The van der Waals surface area contributed by atoms with Gasteiger partial charge < -0.3 is 10.6 Å². The van der Waals surface area contributed by atoms with E-state index in [4.69, 9.17) is 0 Å². The number of hydrogen-bond donors (Lipinski definition) is 2. The van der Waals surface area contributed by atoms with Crippen LogP contribution in [-0.2, 0) is 11.8 Å². The third-order valence-corrected chi connectivity index (χ3v) is 4.60. The minimum atomic E-state index is -0.319. The summed E-state index contributed by atoms with van der Waals surface area (Å²) in [5.74, 6) is 6.62. The molecular weight excluding hydrogens is 350 g/mol. The van der Waals surface area contributed by atoms with Crippen molar-refractivity contribution in [3.63, 3.8) is 0 Å². The number of hydrogen-bond acceptors (Lipinski definition) is 4. The fraction of sp³-hybridized carbons (Fsp3) is 0.227. The maximum atomic E-state index is 12.2. The average Bonchev–Trinajstić information content (AvgIpc) is 3.05. The van der Waals surface area contributed by atoms with E-state index >= 15 is 0 Å². The second-order valence-corrected chi connectivity index (χ2v) is 6.48. The number of benzene rings is 1. The molecule has 2 heterocycles. The van der Waals surface area contributed by atoms with Gasteiger partial charge in [-0.05, 0) is 51.1 Å². The highest BCUT2D eigenvalue weighted by atomic mass is 16.2. The van der Waals surface area contributed by atoms with Gasteiger partial charge in [0.25, 0.3) is 0 Å². The maximum Gasteiger partial charge on any atom is 0.242 e. The lowest BCUT2D eigenvalue weighted by molar-refractivity contribution is -0.117. The summed E-state index contributed by atoms with van der Waals surface area (Å²) in [6.07, 6.45) is 1.81. The minimum absolute atomic E-state index is 0.151. The van der Waals surface area contributed by atoms with Crippen molar-refractivity contribution in [1.29, 1.82) is 0 Å². The van der Waals surface area contributed by atoms with Crippen LogP contribution in [0.4, 0.5) is 5.82 Å². The molecule has 0 fully saturated rings. The van der Waals surface area contributed by atoms with Gasteiger partial charge in [0.1, 0.15) is 11.5 Å². The highest BCUT2D eigenvalue weighted by molar-refractivity contribution is 5.94. The van der Waals surface area contributed by atoms with Crippen LogP contribution in [0.15, 0.2) is 48.7 Å². The van der Waals surface area contributed by atoms with Crippen LogP contribution in [0.1, 0.15) is 23.9 Å². The van der Waals surface area contributed by atoms with Crippen molar-refractivity contribution >= 4 is 11.7 Å². The van der Waals surface area contributed by atoms with Crippen molar-refractivity contribution in [3.8, 4) is 23.0 Å². The Kier molecular flexibility index (Phi) is 5.87. The third kappa shape index (κ3) is 4.27. The fourth-order valence-corrected chi connectivity index (χ4v) is 2.62. The Labute approximate surface area is 165 Å². The molecule has 0 bridgehead atoms. The summed E-state index contributed by atoms with van der Waals surface area (Å²) in [5, 5.41) is 10.1. The van der Waals surface area contributed by atoms with E-state index in [2.05, 4.69) is 32.6 Å². The van der Waals surface area contributed by atoms with Gasteiger partial charge in [-0.3, -0.25) is 9.48 Å². The number of rotatable bonds is 4. The van der Waals surface area contributed by atoms with Gasteiger partial charge in [0.2, 0.25) is 5.91 Å². The second-order valence-electron chi connectivity index (χ2n) is 6.48. The standard InChI is InChI=1S/C22H23N5O/c1-15(23-3)22(28)26-21-13-11-18(19-14-24-27(4)16(19)2)20(25-21)12-10-17-8-6-5-7-9-17/h5-9,11,13-15,23H,1-4H3,(H,25,26,28). The number of aryl methyl sites for hydroxylation is 1. The number of amides is 1. The first-order chi connectivity index (χ1) is 13.5. The molecule has 3 rings (SSSR count). The topological polar surface area (TPSA) is 71.8 Å². The lowest BCUT2D eigenvalue weighted by Crippen LogP contribution is -2.35. The summed E-state index contributed by atoms with van der Waals surface area (Å²) in [4.78, 5) is 16.8. The van der Waals surface area contributed by atoms with Gasteiger partial charge in [0, 0.05) is 29.4 Å². The van der Waals surface area contributed by atoms with Gasteiger partial charge in [-0.2, -0.15) is 5.10 Å². The first kappa shape index (κ1) is 19.3. The molecule has 6 heteroatoms. The summed E-state index contributed by atoms with van der Waals surface area (Å²) in [5.41, 5.74) is 4.36. The molecule has 142 valence electrons. The fourth-order valence-electron chi connectivity index (χ4n) is 2.62. The van der Waals surface area contributed by atoms with Crippen LogP contribution in [0.5, 0.6) is 0 Å². The average molecular weight is 373 g/mol. The van der Waals surface area contributed by atoms with Gasteiger partial charge >= 0.3 is 0 Å². The van der Waals surface area contributed by atoms with Gasteiger partial charge in [0.05, 0.1) is 12.2 Å². The number of pyridine rings is 1. The first-order valence-corrected chi connectivity index (χ1v) is 9.05. The number of anilines is 1. The van der Waals surface area contributed by atoms with Gasteiger partial charge in [-0.25, -0.2) is 4.98 Å². The van der Waals surface area contributed by atoms with Crippen molar-refractivity contribution in [2.24, 2.45) is 7.05 Å². The molecule has 3 aromatic rings. The zero-order valence-corrected chi connectivity index (χ0v) is 16.4. The number of carbonyl (C=O) groups excluding carboxylic acids is 1. The van der Waals surface area contributed by atoms with Crippen LogP contribution in [0.2, 0.25) is 0 Å². The molecule has 1 amide bonds. The Bertz CT molecular complexity index is 1040. The Morgan fingerprint density at radius 2 is 1.86 bits per heavy atom. The largest absolute Gasteiger partial charge is 0.309 e. The molecule has 0 aliphatic carbocycles. The van der Waals surface area contributed by atoms with Crippen molar-refractivity contribution in [2.75, 3.05) is 12.4 Å². The summed E-state index contributed by atoms with van der Waals surface area (Å²) in [7, 11) is 3.64. The molecule has 1 aromatic carbocycles. The highest BCUT2D eigenvalue weighted by Gasteiger charge is 2.15. The molecule has 2 N–H and O–H groups in total. The summed E-state index contributed by atoms with van der Waals surface area (Å²) in [6, 6.07) is 13.1. The monoisotopic (exact) mass is 373 g/mol. The van der Waals surface area contributed by atoms with Crippen LogP contribution >= 0.6 is 0 Å². The normalized spacial score (nSPS) is 11.4. The van der Waals surface area contributed by atoms with Crippen LogP contribution in [0.25, 0.3) is 11.1 Å². The molecule has 0 spiro atoms. The molecule has 2 aromatic heterocycles. The van der Waals surface area contributed by atoms with Gasteiger partial charge in [0.15, 0.2) is 0 Å². The quantitative estimate of drug-likeness (QED) is 0.690. The van der Waals surface area contributed by atoms with Crippen LogP contribution < -0.4 is 10.6 Å².